The van der Waals surface area contributed by atoms with Crippen LogP contribution in [0, 0.1) is 0 Å². The molecule has 0 aliphatic carbocycles. The standard InChI is InChI=1S/C9H13NO3/c1-3-5-8-7(6-13-10-8)9(11)12-4-2/h6H,3-5H2,1-2H3. The monoisotopic (exact) mass is 183 g/mol. The van der Waals surface area contributed by atoms with Crippen molar-refractivity contribution in [3.63, 3.8) is 0 Å². The predicted octanol–water partition coefficient (Wildman–Crippen LogP) is 1.80. The van der Waals surface area contributed by atoms with Gasteiger partial charge in [0.15, 0.2) is 0 Å². The summed E-state index contributed by atoms with van der Waals surface area (Å²) in [5.74, 6) is -0.354. The van der Waals surface area contributed by atoms with Crippen molar-refractivity contribution in [3.8, 4) is 0 Å². The normalized spacial score (nSPS) is 10.0. The highest BCUT2D eigenvalue weighted by Gasteiger charge is 2.15. The fraction of sp³-hybridized carbons (Fsp3) is 0.556. The highest BCUT2D eigenvalue weighted by atomic mass is 16.5. The lowest BCUT2D eigenvalue weighted by Crippen LogP contribution is -2.06. The van der Waals surface area contributed by atoms with E-state index in [4.69, 9.17) is 9.26 Å². The molecule has 0 saturated heterocycles. The molecule has 0 saturated carbocycles. The summed E-state index contributed by atoms with van der Waals surface area (Å²) in [6, 6.07) is 0. The Hall–Kier alpha value is -1.32. The molecular formula is C9H13NO3. The van der Waals surface area contributed by atoms with Gasteiger partial charge in [-0.3, -0.25) is 0 Å². The molecule has 4 heteroatoms. The Kier molecular flexibility index (Phi) is 3.49. The van der Waals surface area contributed by atoms with Crippen molar-refractivity contribution in [3.05, 3.63) is 17.5 Å². The number of hydrogen-bond donors (Lipinski definition) is 0. The van der Waals surface area contributed by atoms with E-state index in [9.17, 15) is 4.79 Å². The van der Waals surface area contributed by atoms with E-state index >= 15 is 0 Å². The molecule has 0 aliphatic heterocycles. The minimum absolute atomic E-state index is 0.354. The van der Waals surface area contributed by atoms with Crippen LogP contribution in [0.3, 0.4) is 0 Å². The van der Waals surface area contributed by atoms with Gasteiger partial charge < -0.3 is 9.26 Å². The largest absolute Gasteiger partial charge is 0.462 e. The van der Waals surface area contributed by atoms with Crippen molar-refractivity contribution in [1.82, 2.24) is 5.16 Å². The third-order valence-electron chi connectivity index (χ3n) is 1.63. The second-order valence-corrected chi connectivity index (χ2v) is 2.65. The van der Waals surface area contributed by atoms with E-state index < -0.39 is 0 Å². The number of hydrogen-bond acceptors (Lipinski definition) is 4. The number of esters is 1. The Morgan fingerprint density at radius 3 is 3.00 bits per heavy atom. The number of carbonyl (C=O) groups excluding carboxylic acids is 1. The zero-order valence-corrected chi connectivity index (χ0v) is 7.87. The molecule has 1 rings (SSSR count). The summed E-state index contributed by atoms with van der Waals surface area (Å²) in [4.78, 5) is 11.3. The summed E-state index contributed by atoms with van der Waals surface area (Å²) in [6.45, 7) is 4.16. The van der Waals surface area contributed by atoms with Crippen LogP contribution in [0.2, 0.25) is 0 Å². The quantitative estimate of drug-likeness (QED) is 0.668. The molecule has 4 nitrogen and oxygen atoms in total. The van der Waals surface area contributed by atoms with Gasteiger partial charge in [0.05, 0.1) is 12.3 Å². The SMILES string of the molecule is CCCc1nocc1C(=O)OCC. The van der Waals surface area contributed by atoms with Gasteiger partial charge in [-0.2, -0.15) is 0 Å². The zero-order valence-electron chi connectivity index (χ0n) is 7.87. The molecule has 13 heavy (non-hydrogen) atoms. The van der Waals surface area contributed by atoms with E-state index in [0.29, 0.717) is 17.9 Å². The number of aromatic nitrogens is 1. The first kappa shape index (κ1) is 9.77. The van der Waals surface area contributed by atoms with Crippen molar-refractivity contribution < 1.29 is 14.1 Å². The van der Waals surface area contributed by atoms with E-state index in [0.717, 1.165) is 12.8 Å². The summed E-state index contributed by atoms with van der Waals surface area (Å²) in [7, 11) is 0. The smallest absolute Gasteiger partial charge is 0.343 e. The van der Waals surface area contributed by atoms with E-state index in [1.54, 1.807) is 6.92 Å². The number of nitrogens with zero attached hydrogens (tertiary/aromatic N) is 1. The maximum absolute atomic E-state index is 11.3. The van der Waals surface area contributed by atoms with Gasteiger partial charge in [0, 0.05) is 0 Å². The van der Waals surface area contributed by atoms with Crippen LogP contribution in [0.5, 0.6) is 0 Å². The summed E-state index contributed by atoms with van der Waals surface area (Å²) >= 11 is 0. The lowest BCUT2D eigenvalue weighted by Gasteiger charge is -1.99. The van der Waals surface area contributed by atoms with Crippen molar-refractivity contribution in [2.75, 3.05) is 6.61 Å². The first-order chi connectivity index (χ1) is 6.29. The van der Waals surface area contributed by atoms with E-state index in [1.807, 2.05) is 6.92 Å². The van der Waals surface area contributed by atoms with Gasteiger partial charge >= 0.3 is 5.97 Å². The summed E-state index contributed by atoms with van der Waals surface area (Å²) in [6.07, 6.45) is 3.01. The van der Waals surface area contributed by atoms with Crippen LogP contribution in [0.1, 0.15) is 36.3 Å². The second kappa shape index (κ2) is 4.64. The Morgan fingerprint density at radius 2 is 2.38 bits per heavy atom. The van der Waals surface area contributed by atoms with Crippen LogP contribution < -0.4 is 0 Å². The van der Waals surface area contributed by atoms with Gasteiger partial charge in [0.2, 0.25) is 0 Å². The number of ether oxygens (including phenoxy) is 1. The molecule has 0 aliphatic rings. The Bertz CT molecular complexity index is 280. The van der Waals surface area contributed by atoms with E-state index in [1.165, 1.54) is 6.26 Å². The van der Waals surface area contributed by atoms with Crippen molar-refractivity contribution in [2.24, 2.45) is 0 Å². The molecule has 0 unspecified atom stereocenters. The van der Waals surface area contributed by atoms with Crippen molar-refractivity contribution >= 4 is 5.97 Å². The third kappa shape index (κ3) is 2.31. The van der Waals surface area contributed by atoms with Gasteiger partial charge in [0.1, 0.15) is 11.8 Å². The average molecular weight is 183 g/mol. The zero-order chi connectivity index (χ0) is 9.68. The number of aryl methyl sites for hydroxylation is 1. The van der Waals surface area contributed by atoms with Crippen molar-refractivity contribution in [1.29, 1.82) is 0 Å². The minimum atomic E-state index is -0.354. The average Bonchev–Trinajstić information content (AvgIpc) is 2.54. The fourth-order valence-corrected chi connectivity index (χ4v) is 1.05. The summed E-state index contributed by atoms with van der Waals surface area (Å²) in [5, 5.41) is 3.73. The van der Waals surface area contributed by atoms with Gasteiger partial charge in [0.25, 0.3) is 0 Å². The first-order valence-electron chi connectivity index (χ1n) is 4.40. The maximum Gasteiger partial charge on any atom is 0.343 e. The first-order valence-corrected chi connectivity index (χ1v) is 4.40. The Balaban J connectivity index is 2.74. The predicted molar refractivity (Wildman–Crippen MR) is 46.5 cm³/mol. The maximum atomic E-state index is 11.3. The van der Waals surface area contributed by atoms with E-state index in [2.05, 4.69) is 5.16 Å². The highest BCUT2D eigenvalue weighted by Crippen LogP contribution is 2.10. The molecule has 72 valence electrons. The van der Waals surface area contributed by atoms with Crippen LogP contribution in [0.25, 0.3) is 0 Å². The van der Waals surface area contributed by atoms with Crippen LogP contribution in [-0.2, 0) is 11.2 Å². The minimum Gasteiger partial charge on any atom is -0.462 e. The van der Waals surface area contributed by atoms with Gasteiger partial charge in [-0.15, -0.1) is 0 Å². The van der Waals surface area contributed by atoms with E-state index in [-0.39, 0.29) is 5.97 Å². The Labute approximate surface area is 76.9 Å². The fourth-order valence-electron chi connectivity index (χ4n) is 1.05. The highest BCUT2D eigenvalue weighted by molar-refractivity contribution is 5.90. The van der Waals surface area contributed by atoms with Crippen LogP contribution in [0.4, 0.5) is 0 Å². The lowest BCUT2D eigenvalue weighted by molar-refractivity contribution is 0.0524. The van der Waals surface area contributed by atoms with Crippen LogP contribution in [0.15, 0.2) is 10.8 Å². The van der Waals surface area contributed by atoms with Gasteiger partial charge in [-0.1, -0.05) is 18.5 Å². The van der Waals surface area contributed by atoms with Crippen LogP contribution >= 0.6 is 0 Å². The molecule has 0 fully saturated rings. The molecule has 0 N–H and O–H groups in total. The second-order valence-electron chi connectivity index (χ2n) is 2.65. The van der Waals surface area contributed by atoms with Gasteiger partial charge in [-0.05, 0) is 13.3 Å². The molecular weight excluding hydrogens is 170 g/mol. The molecule has 0 radical (unpaired) electrons. The van der Waals surface area contributed by atoms with Gasteiger partial charge in [-0.25, -0.2) is 4.79 Å². The molecule has 0 bridgehead atoms. The third-order valence-corrected chi connectivity index (χ3v) is 1.63. The molecule has 0 amide bonds. The van der Waals surface area contributed by atoms with Crippen LogP contribution in [-0.4, -0.2) is 17.7 Å². The van der Waals surface area contributed by atoms with Crippen molar-refractivity contribution in [2.45, 2.75) is 26.7 Å². The topological polar surface area (TPSA) is 52.3 Å². The lowest BCUT2D eigenvalue weighted by atomic mass is 10.2. The Morgan fingerprint density at radius 1 is 1.62 bits per heavy atom. The molecule has 0 atom stereocenters. The number of carbonyl (C=O) groups is 1. The molecule has 0 spiro atoms. The number of rotatable bonds is 4. The molecule has 1 aromatic heterocycles. The summed E-state index contributed by atoms with van der Waals surface area (Å²) < 4.78 is 9.55. The molecule has 0 aromatic carbocycles. The summed E-state index contributed by atoms with van der Waals surface area (Å²) in [5.41, 5.74) is 1.13. The molecule has 1 heterocycles. The molecule has 1 aromatic rings.